The van der Waals surface area contributed by atoms with Gasteiger partial charge in [0.25, 0.3) is 0 Å². The Morgan fingerprint density at radius 2 is 1.79 bits per heavy atom. The summed E-state index contributed by atoms with van der Waals surface area (Å²) in [6.07, 6.45) is 0.871. The fraction of sp³-hybridized carbons (Fsp3) is 0.667. The molecule has 0 saturated carbocycles. The number of benzene rings is 1. The molecule has 1 amide bonds. The first-order valence-electron chi connectivity index (χ1n) is 11.4. The minimum Gasteiger partial charge on any atom is -0.444 e. The molecule has 1 aliphatic rings. The van der Waals surface area contributed by atoms with E-state index in [4.69, 9.17) is 14.0 Å². The normalized spacial score (nSPS) is 17.8. The number of rotatable bonds is 7. The minimum absolute atomic E-state index is 0.368. The van der Waals surface area contributed by atoms with Crippen LogP contribution in [0.3, 0.4) is 0 Å². The number of halogens is 1. The third kappa shape index (κ3) is 6.48. The van der Waals surface area contributed by atoms with Crippen LogP contribution < -0.4 is 10.8 Å². The smallest absolute Gasteiger partial charge is 0.444 e. The fourth-order valence-electron chi connectivity index (χ4n) is 3.57. The first kappa shape index (κ1) is 27.1. The van der Waals surface area contributed by atoms with Crippen molar-refractivity contribution in [1.82, 2.24) is 4.90 Å². The van der Waals surface area contributed by atoms with Gasteiger partial charge in [-0.25, -0.2) is 9.18 Å². The van der Waals surface area contributed by atoms with E-state index in [-0.39, 0.29) is 11.9 Å². The Hall–Kier alpha value is -2.13. The molecule has 1 aliphatic heterocycles. The molecule has 1 aromatic carbocycles. The lowest BCUT2D eigenvalue weighted by Crippen LogP contribution is -2.41. The predicted octanol–water partition coefficient (Wildman–Crippen LogP) is 4.23. The van der Waals surface area contributed by atoms with E-state index in [1.54, 1.807) is 26.0 Å². The molecule has 1 heterocycles. The molecule has 1 aromatic rings. The summed E-state index contributed by atoms with van der Waals surface area (Å²) < 4.78 is 32.4. The van der Waals surface area contributed by atoms with Crippen LogP contribution >= 0.6 is 0 Å². The number of carbonyl (C=O) groups excluding carboxylic acids is 1. The van der Waals surface area contributed by atoms with E-state index >= 15 is 0 Å². The Balaban J connectivity index is 2.28. The van der Waals surface area contributed by atoms with Gasteiger partial charge in [-0.2, -0.15) is 0 Å². The maximum absolute atomic E-state index is 14.5. The Bertz CT molecular complexity index is 880. The third-order valence-corrected chi connectivity index (χ3v) is 6.08. The number of carbonyl (C=O) groups is 1. The lowest BCUT2D eigenvalue weighted by molar-refractivity contribution is 0.00578. The highest BCUT2D eigenvalue weighted by Gasteiger charge is 2.52. The highest BCUT2D eigenvalue weighted by Crippen LogP contribution is 2.37. The van der Waals surface area contributed by atoms with E-state index in [1.807, 2.05) is 48.5 Å². The van der Waals surface area contributed by atoms with E-state index in [0.29, 0.717) is 30.5 Å². The molecule has 7 nitrogen and oxygen atoms in total. The maximum atomic E-state index is 14.5. The Morgan fingerprint density at radius 1 is 1.21 bits per heavy atom. The number of aliphatic imine (C=N–C) groups is 1. The quantitative estimate of drug-likeness (QED) is 0.484. The van der Waals surface area contributed by atoms with Crippen molar-refractivity contribution in [3.05, 3.63) is 23.5 Å². The van der Waals surface area contributed by atoms with Crippen molar-refractivity contribution in [2.75, 3.05) is 33.0 Å². The predicted molar refractivity (Wildman–Crippen MR) is 132 cm³/mol. The number of amides is 1. The molecule has 1 fully saturated rings. The summed E-state index contributed by atoms with van der Waals surface area (Å²) in [4.78, 5) is 18.3. The van der Waals surface area contributed by atoms with Crippen LogP contribution in [0.1, 0.15) is 66.9 Å². The molecule has 0 aliphatic carbocycles. The zero-order valence-corrected chi connectivity index (χ0v) is 21.8. The van der Waals surface area contributed by atoms with Crippen LogP contribution in [0.15, 0.2) is 17.1 Å². The molecule has 1 N–H and O–H groups in total. The van der Waals surface area contributed by atoms with Gasteiger partial charge in [0.1, 0.15) is 11.4 Å². The van der Waals surface area contributed by atoms with Gasteiger partial charge in [0.2, 0.25) is 0 Å². The third-order valence-electron chi connectivity index (χ3n) is 6.08. The zero-order chi connectivity index (χ0) is 25.2. The Morgan fingerprint density at radius 3 is 2.27 bits per heavy atom. The van der Waals surface area contributed by atoms with Gasteiger partial charge in [0.05, 0.1) is 11.2 Å². The van der Waals surface area contributed by atoms with Crippen LogP contribution in [0, 0.1) is 5.82 Å². The van der Waals surface area contributed by atoms with Gasteiger partial charge in [-0.05, 0) is 78.9 Å². The van der Waals surface area contributed by atoms with Gasteiger partial charge in [-0.15, -0.1) is 0 Å². The molecular formula is C24H39BFN3O4. The number of hydrogen-bond donors (Lipinski definition) is 1. The zero-order valence-electron chi connectivity index (χ0n) is 21.8. The summed E-state index contributed by atoms with van der Waals surface area (Å²) in [5, 5.41) is 3.08. The molecule has 1 saturated heterocycles. The van der Waals surface area contributed by atoms with Crippen LogP contribution in [0.2, 0.25) is 0 Å². The Labute approximate surface area is 198 Å². The van der Waals surface area contributed by atoms with E-state index in [9.17, 15) is 9.18 Å². The van der Waals surface area contributed by atoms with Gasteiger partial charge >= 0.3 is 13.2 Å². The molecule has 9 heteroatoms. The number of nitrogens with one attached hydrogen (secondary N) is 1. The number of ether oxygens (including phenoxy) is 1. The van der Waals surface area contributed by atoms with Crippen LogP contribution in [-0.2, 0) is 14.0 Å². The molecule has 0 radical (unpaired) electrons. The van der Waals surface area contributed by atoms with Crippen molar-refractivity contribution >= 4 is 30.1 Å². The van der Waals surface area contributed by atoms with Gasteiger partial charge < -0.3 is 24.3 Å². The molecule has 33 heavy (non-hydrogen) atoms. The standard InChI is InChI=1S/C24H39BFN3O4/c1-22(2,3)31-21(30)29(10)13-11-12-18(27-8)20-17(14-16(26)15-19(20)28-9)25-32-23(4,5)24(6,7)33-25/h14-15,28H,11-13H2,1-10H3. The number of nitrogens with zero attached hydrogens (tertiary/aromatic N) is 2. The molecular weight excluding hydrogens is 424 g/mol. The van der Waals surface area contributed by atoms with Gasteiger partial charge in [0, 0.05) is 44.7 Å². The Kier molecular flexibility index (Phi) is 8.23. The van der Waals surface area contributed by atoms with E-state index in [0.717, 1.165) is 11.3 Å². The van der Waals surface area contributed by atoms with E-state index in [2.05, 4.69) is 10.3 Å². The lowest BCUT2D eigenvalue weighted by Gasteiger charge is -2.32. The second kappa shape index (κ2) is 10.0. The average Bonchev–Trinajstić information content (AvgIpc) is 2.90. The SMILES string of the molecule is CN=C(CCCN(C)C(=O)OC(C)(C)C)c1c(NC)cc(F)cc1B1OC(C)(C)C(C)(C)O1. The van der Waals surface area contributed by atoms with E-state index in [1.165, 1.54) is 12.1 Å². The highest BCUT2D eigenvalue weighted by molar-refractivity contribution is 6.64. The summed E-state index contributed by atoms with van der Waals surface area (Å²) in [6, 6.07) is 2.90. The van der Waals surface area contributed by atoms with Crippen molar-refractivity contribution < 1.29 is 23.2 Å². The molecule has 0 bridgehead atoms. The molecule has 0 spiro atoms. The van der Waals surface area contributed by atoms with Gasteiger partial charge in [-0.1, -0.05) is 0 Å². The molecule has 0 aromatic heterocycles. The summed E-state index contributed by atoms with van der Waals surface area (Å²) in [5.74, 6) is -0.382. The van der Waals surface area contributed by atoms with Crippen molar-refractivity contribution in [1.29, 1.82) is 0 Å². The van der Waals surface area contributed by atoms with Crippen molar-refractivity contribution in [2.45, 2.75) is 78.1 Å². The number of anilines is 1. The fourth-order valence-corrected chi connectivity index (χ4v) is 3.57. The van der Waals surface area contributed by atoms with E-state index < -0.39 is 23.9 Å². The molecule has 0 unspecified atom stereocenters. The summed E-state index contributed by atoms with van der Waals surface area (Å²) in [5.41, 5.74) is 1.09. The molecule has 184 valence electrons. The topological polar surface area (TPSA) is 72.4 Å². The largest absolute Gasteiger partial charge is 0.495 e. The van der Waals surface area contributed by atoms with Crippen molar-refractivity contribution in [3.63, 3.8) is 0 Å². The van der Waals surface area contributed by atoms with Crippen LogP contribution in [0.25, 0.3) is 0 Å². The monoisotopic (exact) mass is 463 g/mol. The van der Waals surface area contributed by atoms with Gasteiger partial charge in [0.15, 0.2) is 0 Å². The maximum Gasteiger partial charge on any atom is 0.495 e. The molecule has 2 rings (SSSR count). The van der Waals surface area contributed by atoms with Crippen LogP contribution in [0.4, 0.5) is 14.9 Å². The summed E-state index contributed by atoms with van der Waals surface area (Å²) in [7, 11) is 4.44. The van der Waals surface area contributed by atoms with Gasteiger partial charge in [-0.3, -0.25) is 4.99 Å². The second-order valence-corrected chi connectivity index (χ2v) is 10.4. The summed E-state index contributed by atoms with van der Waals surface area (Å²) >= 11 is 0. The summed E-state index contributed by atoms with van der Waals surface area (Å²) in [6.45, 7) is 13.9. The first-order chi connectivity index (χ1) is 15.1. The highest BCUT2D eigenvalue weighted by atomic mass is 19.1. The van der Waals surface area contributed by atoms with Crippen LogP contribution in [0.5, 0.6) is 0 Å². The van der Waals surface area contributed by atoms with Crippen molar-refractivity contribution in [2.24, 2.45) is 4.99 Å². The second-order valence-electron chi connectivity index (χ2n) is 10.4. The lowest BCUT2D eigenvalue weighted by atomic mass is 9.73. The minimum atomic E-state index is -0.728. The average molecular weight is 463 g/mol. The first-order valence-corrected chi connectivity index (χ1v) is 11.4. The van der Waals surface area contributed by atoms with Crippen LogP contribution in [-0.4, -0.2) is 68.3 Å². The van der Waals surface area contributed by atoms with Crippen molar-refractivity contribution in [3.8, 4) is 0 Å². The molecule has 0 atom stereocenters. The number of hydrogen-bond acceptors (Lipinski definition) is 6.